The van der Waals surface area contributed by atoms with E-state index < -0.39 is 5.25 Å². The lowest BCUT2D eigenvalue weighted by Crippen LogP contribution is -2.44. The fourth-order valence-electron chi connectivity index (χ4n) is 3.77. The number of methoxy groups -OCH3 is 1. The number of nitrogens with zero attached hydrogens (tertiary/aromatic N) is 2. The summed E-state index contributed by atoms with van der Waals surface area (Å²) in [5.74, 6) is 1.50. The number of amides is 2. The Hall–Kier alpha value is -3.69. The molecule has 5 rings (SSSR count). The molecule has 0 aromatic heterocycles. The highest BCUT2D eigenvalue weighted by Gasteiger charge is 2.36. The van der Waals surface area contributed by atoms with E-state index in [1.165, 1.54) is 11.8 Å². The molecule has 1 fully saturated rings. The standard InChI is InChI=1S/C26H22ClN3O5S/c1-33-20-8-6-18(7-9-20)28-25(32)23-13-24(31)30(14-16-5-10-21-22(11-16)35-15-34-21)26(36-23)29-19-4-2-3-17(27)12-19/h2-12,23H,13-15H2,1H3,(H,28,32). The third kappa shape index (κ3) is 5.42. The molecule has 0 radical (unpaired) electrons. The number of amidine groups is 1. The number of thioether (sulfide) groups is 1. The highest BCUT2D eigenvalue weighted by molar-refractivity contribution is 8.15. The molecule has 1 saturated heterocycles. The first-order chi connectivity index (χ1) is 17.5. The van der Waals surface area contributed by atoms with Gasteiger partial charge in [-0.15, -0.1) is 0 Å². The van der Waals surface area contributed by atoms with E-state index in [1.54, 1.807) is 60.5 Å². The van der Waals surface area contributed by atoms with Crippen molar-refractivity contribution >= 4 is 51.7 Å². The molecule has 1 atom stereocenters. The minimum absolute atomic E-state index is 0.0335. The first kappa shape index (κ1) is 24.0. The van der Waals surface area contributed by atoms with Crippen molar-refractivity contribution in [3.8, 4) is 17.2 Å². The molecule has 2 heterocycles. The summed E-state index contributed by atoms with van der Waals surface area (Å²) in [6.45, 7) is 0.443. The second kappa shape index (κ2) is 10.5. The number of ether oxygens (including phenoxy) is 3. The van der Waals surface area contributed by atoms with Gasteiger partial charge in [-0.05, 0) is 60.2 Å². The molecular weight excluding hydrogens is 502 g/mol. The van der Waals surface area contributed by atoms with Gasteiger partial charge in [-0.3, -0.25) is 14.5 Å². The van der Waals surface area contributed by atoms with Crippen LogP contribution in [0.15, 0.2) is 71.7 Å². The number of rotatable bonds is 6. The normalized spacial score (nSPS) is 17.8. The van der Waals surface area contributed by atoms with Gasteiger partial charge in [0.05, 0.1) is 19.3 Å². The predicted octanol–water partition coefficient (Wildman–Crippen LogP) is 5.24. The van der Waals surface area contributed by atoms with Crippen molar-refractivity contribution in [1.82, 2.24) is 4.90 Å². The minimum Gasteiger partial charge on any atom is -0.497 e. The largest absolute Gasteiger partial charge is 0.497 e. The minimum atomic E-state index is -0.648. The molecule has 8 nitrogen and oxygen atoms in total. The van der Waals surface area contributed by atoms with Crippen molar-refractivity contribution in [3.63, 3.8) is 0 Å². The Kier molecular flexibility index (Phi) is 7.02. The summed E-state index contributed by atoms with van der Waals surface area (Å²) in [6.07, 6.45) is 0.0335. The van der Waals surface area contributed by atoms with E-state index in [0.717, 1.165) is 5.56 Å². The van der Waals surface area contributed by atoms with Crippen LogP contribution in [0.4, 0.5) is 11.4 Å². The first-order valence-corrected chi connectivity index (χ1v) is 12.4. The summed E-state index contributed by atoms with van der Waals surface area (Å²) >= 11 is 7.39. The molecule has 0 aliphatic carbocycles. The maximum Gasteiger partial charge on any atom is 0.238 e. The van der Waals surface area contributed by atoms with Gasteiger partial charge in [0.1, 0.15) is 11.0 Å². The second-order valence-corrected chi connectivity index (χ2v) is 9.68. The van der Waals surface area contributed by atoms with E-state index in [4.69, 9.17) is 25.8 Å². The smallest absolute Gasteiger partial charge is 0.238 e. The SMILES string of the molecule is COc1ccc(NC(=O)C2CC(=O)N(Cc3ccc4c(c3)OCO4)C(=Nc3cccc(Cl)c3)S2)cc1. The summed E-state index contributed by atoms with van der Waals surface area (Å²) < 4.78 is 16.0. The van der Waals surface area contributed by atoms with Gasteiger partial charge < -0.3 is 19.5 Å². The van der Waals surface area contributed by atoms with Crippen LogP contribution in [-0.4, -0.2) is 41.0 Å². The lowest BCUT2D eigenvalue weighted by atomic mass is 10.1. The molecule has 2 amide bonds. The Bertz CT molecular complexity index is 1330. The van der Waals surface area contributed by atoms with Crippen molar-refractivity contribution in [3.05, 3.63) is 77.3 Å². The van der Waals surface area contributed by atoms with Crippen molar-refractivity contribution in [1.29, 1.82) is 0 Å². The van der Waals surface area contributed by atoms with E-state index in [0.29, 0.717) is 38.8 Å². The summed E-state index contributed by atoms with van der Waals surface area (Å²) in [4.78, 5) is 32.6. The molecule has 36 heavy (non-hydrogen) atoms. The van der Waals surface area contributed by atoms with Crippen LogP contribution in [0.5, 0.6) is 17.2 Å². The molecule has 2 aliphatic rings. The lowest BCUT2D eigenvalue weighted by molar-refractivity contribution is -0.129. The van der Waals surface area contributed by atoms with E-state index in [-0.39, 0.29) is 31.6 Å². The van der Waals surface area contributed by atoms with Gasteiger partial charge in [0, 0.05) is 17.1 Å². The van der Waals surface area contributed by atoms with E-state index in [2.05, 4.69) is 10.3 Å². The zero-order chi connectivity index (χ0) is 25.1. The zero-order valence-corrected chi connectivity index (χ0v) is 20.8. The Morgan fingerprint density at radius 3 is 2.72 bits per heavy atom. The average Bonchev–Trinajstić information content (AvgIpc) is 3.34. The summed E-state index contributed by atoms with van der Waals surface area (Å²) in [5.41, 5.74) is 2.06. The van der Waals surface area contributed by atoms with Crippen LogP contribution in [0.2, 0.25) is 5.02 Å². The fourth-order valence-corrected chi connectivity index (χ4v) is 5.05. The predicted molar refractivity (Wildman–Crippen MR) is 139 cm³/mol. The number of carbonyl (C=O) groups is 2. The monoisotopic (exact) mass is 523 g/mol. The molecule has 2 aliphatic heterocycles. The van der Waals surface area contributed by atoms with E-state index in [1.807, 2.05) is 18.2 Å². The summed E-state index contributed by atoms with van der Waals surface area (Å²) in [5, 5.41) is 3.18. The van der Waals surface area contributed by atoms with Crippen LogP contribution < -0.4 is 19.5 Å². The molecule has 1 N–H and O–H groups in total. The third-order valence-corrected chi connectivity index (χ3v) is 7.02. The Morgan fingerprint density at radius 2 is 1.94 bits per heavy atom. The van der Waals surface area contributed by atoms with Crippen LogP contribution in [0.1, 0.15) is 12.0 Å². The molecule has 184 valence electrons. The van der Waals surface area contributed by atoms with E-state index >= 15 is 0 Å². The number of fused-ring (bicyclic) bond motifs is 1. The van der Waals surface area contributed by atoms with Crippen molar-refractivity contribution in [2.24, 2.45) is 4.99 Å². The molecule has 3 aromatic carbocycles. The third-order valence-electron chi connectivity index (χ3n) is 5.60. The number of anilines is 1. The van der Waals surface area contributed by atoms with Crippen LogP contribution in [0.25, 0.3) is 0 Å². The topological polar surface area (TPSA) is 89.5 Å². The number of benzene rings is 3. The molecule has 0 spiro atoms. The van der Waals surface area contributed by atoms with Gasteiger partial charge >= 0.3 is 0 Å². The molecule has 0 bridgehead atoms. The number of nitrogens with one attached hydrogen (secondary N) is 1. The summed E-state index contributed by atoms with van der Waals surface area (Å²) in [7, 11) is 1.58. The highest BCUT2D eigenvalue weighted by Crippen LogP contribution is 2.35. The first-order valence-electron chi connectivity index (χ1n) is 11.1. The van der Waals surface area contributed by atoms with Crippen molar-refractivity contribution in [2.45, 2.75) is 18.2 Å². The highest BCUT2D eigenvalue weighted by atomic mass is 35.5. The molecule has 1 unspecified atom stereocenters. The van der Waals surface area contributed by atoms with Gasteiger partial charge in [0.2, 0.25) is 18.6 Å². The number of hydrogen-bond acceptors (Lipinski definition) is 7. The second-order valence-electron chi connectivity index (χ2n) is 8.07. The molecule has 3 aromatic rings. The van der Waals surface area contributed by atoms with Crippen LogP contribution in [0, 0.1) is 0 Å². The zero-order valence-electron chi connectivity index (χ0n) is 19.3. The number of carbonyl (C=O) groups excluding carboxylic acids is 2. The Morgan fingerprint density at radius 1 is 1.14 bits per heavy atom. The van der Waals surface area contributed by atoms with Gasteiger partial charge in [0.25, 0.3) is 0 Å². The number of aliphatic imine (C=N–C) groups is 1. The van der Waals surface area contributed by atoms with Gasteiger partial charge in [-0.1, -0.05) is 35.5 Å². The van der Waals surface area contributed by atoms with Gasteiger partial charge in [-0.2, -0.15) is 0 Å². The Labute approximate surface area is 217 Å². The number of hydrogen-bond donors (Lipinski definition) is 1. The molecule has 10 heteroatoms. The van der Waals surface area contributed by atoms with Crippen molar-refractivity contribution in [2.75, 3.05) is 19.2 Å². The molecular formula is C26H22ClN3O5S. The quantitative estimate of drug-likeness (QED) is 0.475. The van der Waals surface area contributed by atoms with Crippen LogP contribution >= 0.6 is 23.4 Å². The maximum absolute atomic E-state index is 13.3. The van der Waals surface area contributed by atoms with Crippen LogP contribution in [-0.2, 0) is 16.1 Å². The van der Waals surface area contributed by atoms with E-state index in [9.17, 15) is 9.59 Å². The Balaban J connectivity index is 1.39. The van der Waals surface area contributed by atoms with Crippen molar-refractivity contribution < 1.29 is 23.8 Å². The maximum atomic E-state index is 13.3. The lowest BCUT2D eigenvalue weighted by Gasteiger charge is -2.32. The summed E-state index contributed by atoms with van der Waals surface area (Å²) in [6, 6.07) is 19.6. The average molecular weight is 524 g/mol. The van der Waals surface area contributed by atoms with Gasteiger partial charge in [-0.25, -0.2) is 4.99 Å². The van der Waals surface area contributed by atoms with Gasteiger partial charge in [0.15, 0.2) is 16.7 Å². The number of halogens is 1. The fraction of sp³-hybridized carbons (Fsp3) is 0.192. The molecule has 0 saturated carbocycles. The van der Waals surface area contributed by atoms with Crippen LogP contribution in [0.3, 0.4) is 0 Å².